The highest BCUT2D eigenvalue weighted by Crippen LogP contribution is 2.16. The molecule has 0 unspecified atom stereocenters. The lowest BCUT2D eigenvalue weighted by Gasteiger charge is -2.11. The van der Waals surface area contributed by atoms with Gasteiger partial charge in [0.2, 0.25) is 0 Å². The summed E-state index contributed by atoms with van der Waals surface area (Å²) in [6.07, 6.45) is 3.68. The molecule has 1 aliphatic rings. The van der Waals surface area contributed by atoms with Gasteiger partial charge in [-0.1, -0.05) is 19.1 Å². The Labute approximate surface area is 91.2 Å². The molecular formula is C13H18O2. The first kappa shape index (κ1) is 10.5. The standard InChI is InChI=1S/C13H18O2/c1-2-11-5-7-12(8-6-11)15-10-13-4-3-9-14-13/h5-8,13H,2-4,9-10H2,1H3/t13-/m0/s1. The summed E-state index contributed by atoms with van der Waals surface area (Å²) in [7, 11) is 0. The van der Waals surface area contributed by atoms with Crippen LogP contribution < -0.4 is 4.74 Å². The molecule has 82 valence electrons. The summed E-state index contributed by atoms with van der Waals surface area (Å²) < 4.78 is 11.2. The first-order valence-electron chi connectivity index (χ1n) is 5.72. The molecule has 1 aromatic rings. The van der Waals surface area contributed by atoms with E-state index in [-0.39, 0.29) is 0 Å². The van der Waals surface area contributed by atoms with E-state index in [2.05, 4.69) is 19.1 Å². The van der Waals surface area contributed by atoms with E-state index >= 15 is 0 Å². The zero-order valence-corrected chi connectivity index (χ0v) is 9.24. The van der Waals surface area contributed by atoms with Gasteiger partial charge in [-0.3, -0.25) is 0 Å². The maximum Gasteiger partial charge on any atom is 0.119 e. The van der Waals surface area contributed by atoms with Crippen molar-refractivity contribution < 1.29 is 9.47 Å². The van der Waals surface area contributed by atoms with Crippen molar-refractivity contribution >= 4 is 0 Å². The first-order chi connectivity index (χ1) is 7.38. The summed E-state index contributed by atoms with van der Waals surface area (Å²) in [6, 6.07) is 8.30. The van der Waals surface area contributed by atoms with Crippen LogP contribution in [0.25, 0.3) is 0 Å². The molecule has 0 radical (unpaired) electrons. The Hall–Kier alpha value is -1.02. The monoisotopic (exact) mass is 206 g/mol. The zero-order chi connectivity index (χ0) is 10.5. The van der Waals surface area contributed by atoms with Crippen LogP contribution in [0.15, 0.2) is 24.3 Å². The number of hydrogen-bond donors (Lipinski definition) is 0. The van der Waals surface area contributed by atoms with Crippen molar-refractivity contribution in [2.45, 2.75) is 32.3 Å². The van der Waals surface area contributed by atoms with Crippen molar-refractivity contribution in [1.82, 2.24) is 0 Å². The van der Waals surface area contributed by atoms with Gasteiger partial charge in [0.25, 0.3) is 0 Å². The Morgan fingerprint density at radius 3 is 2.73 bits per heavy atom. The molecule has 2 heteroatoms. The molecule has 0 aliphatic carbocycles. The van der Waals surface area contributed by atoms with Crippen molar-refractivity contribution in [2.75, 3.05) is 13.2 Å². The van der Waals surface area contributed by atoms with E-state index in [1.54, 1.807) is 0 Å². The van der Waals surface area contributed by atoms with Gasteiger partial charge in [-0.25, -0.2) is 0 Å². The molecule has 1 aromatic carbocycles. The minimum Gasteiger partial charge on any atom is -0.491 e. The molecule has 0 amide bonds. The second-order valence-electron chi connectivity index (χ2n) is 3.94. The Morgan fingerprint density at radius 1 is 1.33 bits per heavy atom. The minimum atomic E-state index is 0.302. The molecule has 0 aromatic heterocycles. The van der Waals surface area contributed by atoms with Gasteiger partial charge in [-0.05, 0) is 37.0 Å². The maximum absolute atomic E-state index is 5.66. The average molecular weight is 206 g/mol. The summed E-state index contributed by atoms with van der Waals surface area (Å²) in [4.78, 5) is 0. The number of benzene rings is 1. The summed E-state index contributed by atoms with van der Waals surface area (Å²) in [5.74, 6) is 0.947. The Bertz CT molecular complexity index is 286. The summed E-state index contributed by atoms with van der Waals surface area (Å²) >= 11 is 0. The van der Waals surface area contributed by atoms with Crippen molar-refractivity contribution in [3.63, 3.8) is 0 Å². The topological polar surface area (TPSA) is 18.5 Å². The van der Waals surface area contributed by atoms with Crippen LogP contribution in [0, 0.1) is 0 Å². The lowest BCUT2D eigenvalue weighted by Crippen LogP contribution is -2.16. The SMILES string of the molecule is CCc1ccc(OC[C@@H]2CCCO2)cc1. The summed E-state index contributed by atoms with van der Waals surface area (Å²) in [6.45, 7) is 3.73. The van der Waals surface area contributed by atoms with Crippen LogP contribution in [-0.4, -0.2) is 19.3 Å². The molecule has 0 N–H and O–H groups in total. The van der Waals surface area contributed by atoms with Crippen LogP contribution in [0.1, 0.15) is 25.3 Å². The Balaban J connectivity index is 1.82. The third-order valence-corrected chi connectivity index (χ3v) is 2.79. The molecule has 1 atom stereocenters. The first-order valence-corrected chi connectivity index (χ1v) is 5.72. The molecule has 0 bridgehead atoms. The highest BCUT2D eigenvalue weighted by atomic mass is 16.5. The molecule has 2 nitrogen and oxygen atoms in total. The smallest absolute Gasteiger partial charge is 0.119 e. The summed E-state index contributed by atoms with van der Waals surface area (Å²) in [5.41, 5.74) is 1.35. The quantitative estimate of drug-likeness (QED) is 0.754. The molecule has 2 rings (SSSR count). The van der Waals surface area contributed by atoms with Crippen LogP contribution in [0.2, 0.25) is 0 Å². The van der Waals surface area contributed by atoms with Crippen LogP contribution in [0.4, 0.5) is 0 Å². The second-order valence-corrected chi connectivity index (χ2v) is 3.94. The third kappa shape index (κ3) is 2.96. The Morgan fingerprint density at radius 2 is 2.13 bits per heavy atom. The molecule has 15 heavy (non-hydrogen) atoms. The fourth-order valence-corrected chi connectivity index (χ4v) is 1.79. The largest absolute Gasteiger partial charge is 0.491 e. The summed E-state index contributed by atoms with van der Waals surface area (Å²) in [5, 5.41) is 0. The Kier molecular flexibility index (Phi) is 3.62. The van der Waals surface area contributed by atoms with Crippen molar-refractivity contribution in [1.29, 1.82) is 0 Å². The van der Waals surface area contributed by atoms with E-state index in [1.807, 2.05) is 12.1 Å². The van der Waals surface area contributed by atoms with E-state index in [0.29, 0.717) is 12.7 Å². The van der Waals surface area contributed by atoms with Gasteiger partial charge in [0.15, 0.2) is 0 Å². The second kappa shape index (κ2) is 5.17. The molecule has 1 aliphatic heterocycles. The van der Waals surface area contributed by atoms with E-state index < -0.39 is 0 Å². The van der Waals surface area contributed by atoms with Gasteiger partial charge < -0.3 is 9.47 Å². The lowest BCUT2D eigenvalue weighted by atomic mass is 10.2. The lowest BCUT2D eigenvalue weighted by molar-refractivity contribution is 0.0679. The van der Waals surface area contributed by atoms with Crippen LogP contribution in [0.3, 0.4) is 0 Å². The van der Waals surface area contributed by atoms with Gasteiger partial charge in [0.1, 0.15) is 12.4 Å². The zero-order valence-electron chi connectivity index (χ0n) is 9.24. The molecule has 0 saturated carbocycles. The van der Waals surface area contributed by atoms with Gasteiger partial charge >= 0.3 is 0 Å². The predicted octanol–water partition coefficient (Wildman–Crippen LogP) is 2.81. The number of aryl methyl sites for hydroxylation is 1. The highest BCUT2D eigenvalue weighted by molar-refractivity contribution is 5.27. The fraction of sp³-hybridized carbons (Fsp3) is 0.538. The van der Waals surface area contributed by atoms with Gasteiger partial charge in [-0.15, -0.1) is 0 Å². The number of hydrogen-bond acceptors (Lipinski definition) is 2. The van der Waals surface area contributed by atoms with E-state index in [1.165, 1.54) is 12.0 Å². The maximum atomic E-state index is 5.66. The normalized spacial score (nSPS) is 20.5. The average Bonchev–Trinajstić information content (AvgIpc) is 2.80. The van der Waals surface area contributed by atoms with E-state index in [9.17, 15) is 0 Å². The molecule has 1 fully saturated rings. The van der Waals surface area contributed by atoms with Crippen molar-refractivity contribution in [3.05, 3.63) is 29.8 Å². The van der Waals surface area contributed by atoms with Gasteiger partial charge in [-0.2, -0.15) is 0 Å². The van der Waals surface area contributed by atoms with Gasteiger partial charge in [0.05, 0.1) is 6.10 Å². The molecule has 0 spiro atoms. The van der Waals surface area contributed by atoms with E-state index in [4.69, 9.17) is 9.47 Å². The van der Waals surface area contributed by atoms with Crippen molar-refractivity contribution in [2.24, 2.45) is 0 Å². The van der Waals surface area contributed by atoms with Crippen molar-refractivity contribution in [3.8, 4) is 5.75 Å². The molecular weight excluding hydrogens is 188 g/mol. The van der Waals surface area contributed by atoms with Gasteiger partial charge in [0, 0.05) is 6.61 Å². The van der Waals surface area contributed by atoms with Crippen LogP contribution in [0.5, 0.6) is 5.75 Å². The third-order valence-electron chi connectivity index (χ3n) is 2.79. The van der Waals surface area contributed by atoms with Crippen LogP contribution >= 0.6 is 0 Å². The fourth-order valence-electron chi connectivity index (χ4n) is 1.79. The molecule has 1 saturated heterocycles. The minimum absolute atomic E-state index is 0.302. The predicted molar refractivity (Wildman–Crippen MR) is 60.3 cm³/mol. The number of ether oxygens (including phenoxy) is 2. The highest BCUT2D eigenvalue weighted by Gasteiger charge is 2.15. The molecule has 1 heterocycles. The van der Waals surface area contributed by atoms with E-state index in [0.717, 1.165) is 25.2 Å². The van der Waals surface area contributed by atoms with Crippen LogP contribution in [-0.2, 0) is 11.2 Å². The number of rotatable bonds is 4.